The van der Waals surface area contributed by atoms with Gasteiger partial charge in [-0.3, -0.25) is 4.79 Å². The summed E-state index contributed by atoms with van der Waals surface area (Å²) in [7, 11) is -4.02. The largest absolute Gasteiger partial charge is 0.324 e. The normalized spacial score (nSPS) is 12.8. The number of amides is 1. The molecule has 0 aliphatic carbocycles. The lowest BCUT2D eigenvalue weighted by atomic mass is 10.0. The van der Waals surface area contributed by atoms with Crippen LogP contribution in [0.4, 0.5) is 14.5 Å². The average molecular weight is 403 g/mol. The number of hydrogen-bond donors (Lipinski definition) is 2. The molecule has 0 heterocycles. The van der Waals surface area contributed by atoms with Crippen LogP contribution in [0.2, 0.25) is 5.02 Å². The smallest absolute Gasteiger partial charge is 0.242 e. The monoisotopic (exact) mass is 402 g/mol. The van der Waals surface area contributed by atoms with Crippen molar-refractivity contribution in [1.82, 2.24) is 4.72 Å². The minimum atomic E-state index is -4.02. The van der Waals surface area contributed by atoms with Gasteiger partial charge in [0.2, 0.25) is 15.9 Å². The van der Waals surface area contributed by atoms with Crippen molar-refractivity contribution in [3.05, 3.63) is 59.1 Å². The highest BCUT2D eigenvalue weighted by molar-refractivity contribution is 7.89. The minimum Gasteiger partial charge on any atom is -0.324 e. The number of carbonyl (C=O) groups excluding carboxylic acids is 1. The van der Waals surface area contributed by atoms with Crippen LogP contribution in [0, 0.1) is 17.6 Å². The molecular formula is C17H17ClF2N2O3S. The van der Waals surface area contributed by atoms with Crippen LogP contribution < -0.4 is 10.0 Å². The third-order valence-corrected chi connectivity index (χ3v) is 5.14. The molecule has 0 fully saturated rings. The van der Waals surface area contributed by atoms with Gasteiger partial charge >= 0.3 is 0 Å². The second-order valence-electron chi connectivity index (χ2n) is 5.95. The fourth-order valence-electron chi connectivity index (χ4n) is 2.21. The molecule has 0 bridgehead atoms. The molecule has 1 amide bonds. The van der Waals surface area contributed by atoms with E-state index in [1.807, 2.05) is 0 Å². The van der Waals surface area contributed by atoms with Gasteiger partial charge in [0.1, 0.15) is 17.7 Å². The van der Waals surface area contributed by atoms with Crippen LogP contribution in [0.1, 0.15) is 13.8 Å². The van der Waals surface area contributed by atoms with Gasteiger partial charge in [0.05, 0.1) is 4.90 Å². The zero-order valence-corrected chi connectivity index (χ0v) is 15.5. The quantitative estimate of drug-likeness (QED) is 0.775. The molecule has 26 heavy (non-hydrogen) atoms. The highest BCUT2D eigenvalue weighted by atomic mass is 35.5. The van der Waals surface area contributed by atoms with Crippen molar-refractivity contribution < 1.29 is 22.0 Å². The first-order valence-electron chi connectivity index (χ1n) is 7.63. The van der Waals surface area contributed by atoms with Crippen LogP contribution in [0.25, 0.3) is 0 Å². The lowest BCUT2D eigenvalue weighted by Gasteiger charge is -2.21. The van der Waals surface area contributed by atoms with E-state index in [-0.39, 0.29) is 15.6 Å². The Morgan fingerprint density at radius 1 is 1.08 bits per heavy atom. The lowest BCUT2D eigenvalue weighted by Crippen LogP contribution is -2.47. The maximum atomic E-state index is 13.3. The van der Waals surface area contributed by atoms with Crippen molar-refractivity contribution in [2.45, 2.75) is 24.8 Å². The van der Waals surface area contributed by atoms with Crippen LogP contribution in [0.15, 0.2) is 47.4 Å². The first-order valence-corrected chi connectivity index (χ1v) is 9.49. The molecular weight excluding hydrogens is 386 g/mol. The third-order valence-electron chi connectivity index (χ3n) is 3.47. The zero-order valence-electron chi connectivity index (χ0n) is 14.0. The number of halogens is 3. The molecule has 5 nitrogen and oxygen atoms in total. The Morgan fingerprint density at radius 3 is 2.23 bits per heavy atom. The van der Waals surface area contributed by atoms with Crippen molar-refractivity contribution in [2.24, 2.45) is 5.92 Å². The Bertz CT molecular complexity index is 900. The highest BCUT2D eigenvalue weighted by Crippen LogP contribution is 2.18. The third kappa shape index (κ3) is 5.23. The Morgan fingerprint density at radius 2 is 1.69 bits per heavy atom. The maximum Gasteiger partial charge on any atom is 0.242 e. The van der Waals surface area contributed by atoms with E-state index in [0.29, 0.717) is 6.07 Å². The number of sulfonamides is 1. The molecule has 0 aromatic heterocycles. The summed E-state index contributed by atoms with van der Waals surface area (Å²) < 4.78 is 53.8. The van der Waals surface area contributed by atoms with Gasteiger partial charge in [0.15, 0.2) is 0 Å². The summed E-state index contributed by atoms with van der Waals surface area (Å²) >= 11 is 5.81. The lowest BCUT2D eigenvalue weighted by molar-refractivity contribution is -0.118. The SMILES string of the molecule is CC(C)[C@H](NS(=O)(=O)c1cccc(Cl)c1)C(=O)Nc1cc(F)cc(F)c1. The second-order valence-corrected chi connectivity index (χ2v) is 8.10. The van der Waals surface area contributed by atoms with E-state index in [1.54, 1.807) is 13.8 Å². The second kappa shape index (κ2) is 8.11. The van der Waals surface area contributed by atoms with Crippen molar-refractivity contribution in [1.29, 1.82) is 0 Å². The van der Waals surface area contributed by atoms with Crippen LogP contribution in [0.5, 0.6) is 0 Å². The zero-order chi connectivity index (χ0) is 19.5. The molecule has 2 aromatic carbocycles. The van der Waals surface area contributed by atoms with E-state index in [0.717, 1.165) is 12.1 Å². The maximum absolute atomic E-state index is 13.3. The van der Waals surface area contributed by atoms with Crippen LogP contribution >= 0.6 is 11.6 Å². The van der Waals surface area contributed by atoms with Gasteiger partial charge in [0, 0.05) is 16.8 Å². The molecule has 0 aliphatic heterocycles. The van der Waals surface area contributed by atoms with Crippen molar-refractivity contribution in [3.63, 3.8) is 0 Å². The highest BCUT2D eigenvalue weighted by Gasteiger charge is 2.28. The van der Waals surface area contributed by atoms with Gasteiger partial charge in [0.25, 0.3) is 0 Å². The average Bonchev–Trinajstić information content (AvgIpc) is 2.51. The number of hydrogen-bond acceptors (Lipinski definition) is 3. The summed E-state index contributed by atoms with van der Waals surface area (Å²) in [5, 5.41) is 2.55. The number of rotatable bonds is 6. The molecule has 1 atom stereocenters. The van der Waals surface area contributed by atoms with E-state index in [2.05, 4.69) is 10.0 Å². The Kier molecular flexibility index (Phi) is 6.33. The Hall–Kier alpha value is -2.03. The summed E-state index contributed by atoms with van der Waals surface area (Å²) in [6.45, 7) is 3.27. The van der Waals surface area contributed by atoms with Crippen LogP contribution in [-0.4, -0.2) is 20.4 Å². The van der Waals surface area contributed by atoms with Crippen molar-refractivity contribution in [2.75, 3.05) is 5.32 Å². The Labute approximate surface area is 155 Å². The molecule has 9 heteroatoms. The predicted molar refractivity (Wildman–Crippen MR) is 95.4 cm³/mol. The van der Waals surface area contributed by atoms with Gasteiger partial charge in [-0.05, 0) is 36.2 Å². The topological polar surface area (TPSA) is 75.3 Å². The number of carbonyl (C=O) groups is 1. The molecule has 0 saturated carbocycles. The van der Waals surface area contributed by atoms with Crippen LogP contribution in [0.3, 0.4) is 0 Å². The summed E-state index contributed by atoms with van der Waals surface area (Å²) in [4.78, 5) is 12.3. The number of benzene rings is 2. The van der Waals surface area contributed by atoms with E-state index >= 15 is 0 Å². The summed E-state index contributed by atoms with van der Waals surface area (Å²) in [6, 6.07) is 6.95. The van der Waals surface area contributed by atoms with Gasteiger partial charge in [-0.2, -0.15) is 4.72 Å². The molecule has 0 radical (unpaired) electrons. The van der Waals surface area contributed by atoms with E-state index in [4.69, 9.17) is 11.6 Å². The fraction of sp³-hybridized carbons (Fsp3) is 0.235. The van der Waals surface area contributed by atoms with Gasteiger partial charge in [-0.25, -0.2) is 17.2 Å². The van der Waals surface area contributed by atoms with Crippen molar-refractivity contribution in [3.8, 4) is 0 Å². The minimum absolute atomic E-state index is 0.0970. The van der Waals surface area contributed by atoms with Crippen molar-refractivity contribution >= 4 is 33.2 Å². The van der Waals surface area contributed by atoms with E-state index in [9.17, 15) is 22.0 Å². The molecule has 2 rings (SSSR count). The summed E-state index contributed by atoms with van der Waals surface area (Å²) in [5.74, 6) is -2.89. The van der Waals surface area contributed by atoms with Gasteiger partial charge in [-0.15, -0.1) is 0 Å². The first-order chi connectivity index (χ1) is 12.1. The summed E-state index contributed by atoms with van der Waals surface area (Å²) in [6.07, 6.45) is 0. The number of anilines is 1. The number of nitrogens with one attached hydrogen (secondary N) is 2. The molecule has 0 saturated heterocycles. The van der Waals surface area contributed by atoms with Gasteiger partial charge in [-0.1, -0.05) is 31.5 Å². The molecule has 0 unspecified atom stereocenters. The molecule has 140 valence electrons. The summed E-state index contributed by atoms with van der Waals surface area (Å²) in [5.41, 5.74) is -0.111. The molecule has 0 aliphatic rings. The van der Waals surface area contributed by atoms with E-state index in [1.165, 1.54) is 24.3 Å². The van der Waals surface area contributed by atoms with E-state index < -0.39 is 39.5 Å². The standard InChI is InChI=1S/C17H17ClF2N2O3S/c1-10(2)16(17(23)21-14-8-12(19)7-13(20)9-14)22-26(24,25)15-5-3-4-11(18)6-15/h3-10,16,22H,1-2H3,(H,21,23)/t16-/m0/s1. The first kappa shape index (κ1) is 20.3. The predicted octanol–water partition coefficient (Wildman–Crippen LogP) is 3.56. The molecule has 2 N–H and O–H groups in total. The fourth-order valence-corrected chi connectivity index (χ4v) is 3.85. The Balaban J connectivity index is 2.24. The molecule has 0 spiro atoms. The van der Waals surface area contributed by atoms with Crippen LogP contribution in [-0.2, 0) is 14.8 Å². The van der Waals surface area contributed by atoms with Gasteiger partial charge < -0.3 is 5.32 Å². The molecule has 2 aromatic rings.